The summed E-state index contributed by atoms with van der Waals surface area (Å²) in [6, 6.07) is 4.12. The second-order valence-electron chi connectivity index (χ2n) is 4.65. The van der Waals surface area contributed by atoms with E-state index < -0.39 is 5.97 Å². The van der Waals surface area contributed by atoms with Gasteiger partial charge < -0.3 is 9.52 Å². The molecular formula is C13H19NO3. The molecule has 0 bridgehead atoms. The molecule has 0 spiro atoms. The van der Waals surface area contributed by atoms with Gasteiger partial charge in [-0.25, -0.2) is 0 Å². The molecule has 4 heteroatoms. The largest absolute Gasteiger partial charge is 0.481 e. The van der Waals surface area contributed by atoms with E-state index in [-0.39, 0.29) is 18.0 Å². The Labute approximate surface area is 101 Å². The summed E-state index contributed by atoms with van der Waals surface area (Å²) >= 11 is 0. The average Bonchev–Trinajstić information content (AvgIpc) is 2.91. The molecule has 2 rings (SSSR count). The van der Waals surface area contributed by atoms with Crippen molar-refractivity contribution in [1.29, 1.82) is 0 Å². The first-order chi connectivity index (χ1) is 8.15. The van der Waals surface area contributed by atoms with E-state index in [0.717, 1.165) is 25.1 Å². The zero-order chi connectivity index (χ0) is 12.4. The van der Waals surface area contributed by atoms with Crippen LogP contribution in [0.5, 0.6) is 0 Å². The van der Waals surface area contributed by atoms with Crippen LogP contribution < -0.4 is 0 Å². The smallest absolute Gasteiger partial charge is 0.308 e. The summed E-state index contributed by atoms with van der Waals surface area (Å²) in [6.45, 7) is 4.93. The third-order valence-electron chi connectivity index (χ3n) is 3.78. The molecule has 1 N–H and O–H groups in total. The normalized spacial score (nSPS) is 27.2. The fraction of sp³-hybridized carbons (Fsp3) is 0.615. The van der Waals surface area contributed by atoms with Gasteiger partial charge in [0.1, 0.15) is 5.76 Å². The molecule has 94 valence electrons. The van der Waals surface area contributed by atoms with Gasteiger partial charge in [0.2, 0.25) is 0 Å². The minimum absolute atomic E-state index is 0.0718. The van der Waals surface area contributed by atoms with E-state index in [4.69, 9.17) is 9.52 Å². The minimum Gasteiger partial charge on any atom is -0.481 e. The predicted molar refractivity (Wildman–Crippen MR) is 63.7 cm³/mol. The van der Waals surface area contributed by atoms with E-state index in [2.05, 4.69) is 11.8 Å². The van der Waals surface area contributed by atoms with Crippen LogP contribution in [-0.2, 0) is 4.79 Å². The maximum absolute atomic E-state index is 11.1. The van der Waals surface area contributed by atoms with Crippen molar-refractivity contribution in [3.05, 3.63) is 24.2 Å². The van der Waals surface area contributed by atoms with Crippen molar-refractivity contribution in [2.45, 2.75) is 38.8 Å². The number of aliphatic carboxylic acids is 1. The standard InChI is InChI=1S/C13H19NO3/c1-3-11(12-5-4-8-17-12)14-7-6-10(9(14)2)13(15)16/h4-5,8-11H,3,6-7H2,1-2H3,(H,15,16). The van der Waals surface area contributed by atoms with Crippen LogP contribution in [0.3, 0.4) is 0 Å². The van der Waals surface area contributed by atoms with Crippen LogP contribution in [0.15, 0.2) is 22.8 Å². The van der Waals surface area contributed by atoms with Gasteiger partial charge in [-0.05, 0) is 31.9 Å². The molecule has 1 aliphatic heterocycles. The van der Waals surface area contributed by atoms with Gasteiger partial charge >= 0.3 is 5.97 Å². The Kier molecular flexibility index (Phi) is 3.52. The van der Waals surface area contributed by atoms with Gasteiger partial charge in [-0.2, -0.15) is 0 Å². The summed E-state index contributed by atoms with van der Waals surface area (Å²) in [4.78, 5) is 13.4. The Hall–Kier alpha value is -1.29. The average molecular weight is 237 g/mol. The molecule has 1 aromatic rings. The first-order valence-electron chi connectivity index (χ1n) is 6.17. The lowest BCUT2D eigenvalue weighted by Gasteiger charge is -2.30. The monoisotopic (exact) mass is 237 g/mol. The fourth-order valence-electron chi connectivity index (χ4n) is 2.81. The lowest BCUT2D eigenvalue weighted by Crippen LogP contribution is -2.35. The molecule has 0 aliphatic carbocycles. The minimum atomic E-state index is -0.686. The topological polar surface area (TPSA) is 53.7 Å². The Bertz CT molecular complexity index is 374. The second-order valence-corrected chi connectivity index (χ2v) is 4.65. The molecule has 1 aliphatic rings. The molecule has 3 unspecified atom stereocenters. The number of carboxylic acid groups (broad SMARTS) is 1. The highest BCUT2D eigenvalue weighted by atomic mass is 16.4. The Morgan fingerprint density at radius 1 is 1.71 bits per heavy atom. The molecule has 0 amide bonds. The lowest BCUT2D eigenvalue weighted by molar-refractivity contribution is -0.142. The second kappa shape index (κ2) is 4.92. The summed E-state index contributed by atoms with van der Waals surface area (Å²) < 4.78 is 5.45. The zero-order valence-electron chi connectivity index (χ0n) is 10.3. The van der Waals surface area contributed by atoms with Crippen molar-refractivity contribution in [3.63, 3.8) is 0 Å². The van der Waals surface area contributed by atoms with Gasteiger partial charge in [0.15, 0.2) is 0 Å². The fourth-order valence-corrected chi connectivity index (χ4v) is 2.81. The highest BCUT2D eigenvalue weighted by Crippen LogP contribution is 2.34. The molecule has 3 atom stereocenters. The highest BCUT2D eigenvalue weighted by Gasteiger charge is 2.39. The van der Waals surface area contributed by atoms with Crippen molar-refractivity contribution >= 4 is 5.97 Å². The summed E-state index contributed by atoms with van der Waals surface area (Å²) in [6.07, 6.45) is 3.34. The number of nitrogens with zero attached hydrogens (tertiary/aromatic N) is 1. The third kappa shape index (κ3) is 2.22. The summed E-state index contributed by atoms with van der Waals surface area (Å²) in [7, 11) is 0. The quantitative estimate of drug-likeness (QED) is 0.874. The molecule has 4 nitrogen and oxygen atoms in total. The Morgan fingerprint density at radius 3 is 2.94 bits per heavy atom. The van der Waals surface area contributed by atoms with E-state index in [1.54, 1.807) is 6.26 Å². The molecular weight excluding hydrogens is 218 g/mol. The van der Waals surface area contributed by atoms with Crippen LogP contribution >= 0.6 is 0 Å². The number of carbonyl (C=O) groups is 1. The number of furan rings is 1. The van der Waals surface area contributed by atoms with Crippen LogP contribution in [0, 0.1) is 5.92 Å². The van der Waals surface area contributed by atoms with Gasteiger partial charge in [0.05, 0.1) is 18.2 Å². The predicted octanol–water partition coefficient (Wildman–Crippen LogP) is 2.53. The molecule has 17 heavy (non-hydrogen) atoms. The van der Waals surface area contributed by atoms with E-state index in [1.807, 2.05) is 19.1 Å². The molecule has 1 saturated heterocycles. The number of likely N-dealkylation sites (tertiary alicyclic amines) is 1. The summed E-state index contributed by atoms with van der Waals surface area (Å²) in [5, 5.41) is 9.14. The maximum Gasteiger partial charge on any atom is 0.308 e. The van der Waals surface area contributed by atoms with Crippen molar-refractivity contribution in [3.8, 4) is 0 Å². The van der Waals surface area contributed by atoms with Crippen molar-refractivity contribution in [1.82, 2.24) is 4.90 Å². The first-order valence-corrected chi connectivity index (χ1v) is 6.17. The summed E-state index contributed by atoms with van der Waals surface area (Å²) in [5.74, 6) is -0.00120. The van der Waals surface area contributed by atoms with E-state index in [9.17, 15) is 4.79 Å². The van der Waals surface area contributed by atoms with Gasteiger partial charge in [-0.15, -0.1) is 0 Å². The molecule has 1 aromatic heterocycles. The number of hydrogen-bond acceptors (Lipinski definition) is 3. The molecule has 0 saturated carbocycles. The summed E-state index contributed by atoms with van der Waals surface area (Å²) in [5.41, 5.74) is 0. The zero-order valence-corrected chi connectivity index (χ0v) is 10.3. The SMILES string of the molecule is CCC(c1ccco1)N1CCC(C(=O)O)C1C. The van der Waals surface area contributed by atoms with Gasteiger partial charge in [-0.1, -0.05) is 6.92 Å². The van der Waals surface area contributed by atoms with Crippen molar-refractivity contribution in [2.75, 3.05) is 6.54 Å². The van der Waals surface area contributed by atoms with Crippen LogP contribution in [-0.4, -0.2) is 28.6 Å². The van der Waals surface area contributed by atoms with Crippen LogP contribution in [0.2, 0.25) is 0 Å². The van der Waals surface area contributed by atoms with E-state index in [1.165, 1.54) is 0 Å². The van der Waals surface area contributed by atoms with Gasteiger partial charge in [0, 0.05) is 12.6 Å². The van der Waals surface area contributed by atoms with Gasteiger partial charge in [0.25, 0.3) is 0 Å². The van der Waals surface area contributed by atoms with Gasteiger partial charge in [-0.3, -0.25) is 9.69 Å². The molecule has 0 aromatic carbocycles. The third-order valence-corrected chi connectivity index (χ3v) is 3.78. The number of rotatable bonds is 4. The maximum atomic E-state index is 11.1. The lowest BCUT2D eigenvalue weighted by atomic mass is 10.0. The van der Waals surface area contributed by atoms with Crippen LogP contribution in [0.25, 0.3) is 0 Å². The Morgan fingerprint density at radius 2 is 2.47 bits per heavy atom. The number of hydrogen-bond donors (Lipinski definition) is 1. The highest BCUT2D eigenvalue weighted by molar-refractivity contribution is 5.71. The molecule has 0 radical (unpaired) electrons. The van der Waals surface area contributed by atoms with E-state index in [0.29, 0.717) is 0 Å². The molecule has 2 heterocycles. The number of carboxylic acids is 1. The Balaban J connectivity index is 2.14. The first kappa shape index (κ1) is 12.2. The van der Waals surface area contributed by atoms with Crippen molar-refractivity contribution in [2.24, 2.45) is 5.92 Å². The van der Waals surface area contributed by atoms with Crippen molar-refractivity contribution < 1.29 is 14.3 Å². The molecule has 1 fully saturated rings. The van der Waals surface area contributed by atoms with Crippen LogP contribution in [0.1, 0.15) is 38.5 Å². The van der Waals surface area contributed by atoms with E-state index >= 15 is 0 Å². The van der Waals surface area contributed by atoms with Crippen LogP contribution in [0.4, 0.5) is 0 Å².